The minimum absolute atomic E-state index is 0.276. The smallest absolute Gasteiger partial charge is 0.175 e. The van der Waals surface area contributed by atoms with Crippen molar-refractivity contribution in [1.82, 2.24) is 0 Å². The van der Waals surface area contributed by atoms with Gasteiger partial charge in [-0.15, -0.1) is 11.8 Å². The Balaban J connectivity index is 3.01. The van der Waals surface area contributed by atoms with E-state index >= 15 is 0 Å². The summed E-state index contributed by atoms with van der Waals surface area (Å²) in [5, 5.41) is 0.478. The fraction of sp³-hybridized carbons (Fsp3) is 0.455. The Kier molecular flexibility index (Phi) is 4.27. The second kappa shape index (κ2) is 5.10. The summed E-state index contributed by atoms with van der Waals surface area (Å²) >= 11 is 1.67. The first kappa shape index (κ1) is 13.4. The van der Waals surface area contributed by atoms with Gasteiger partial charge < -0.3 is 5.73 Å². The van der Waals surface area contributed by atoms with Gasteiger partial charge in [-0.05, 0) is 24.6 Å². The largest absolute Gasteiger partial charge is 0.398 e. The van der Waals surface area contributed by atoms with E-state index in [0.29, 0.717) is 10.9 Å². The standard InChI is InChI=1S/C11H17NO2S2/c1-4-8(2)15-11-6-5-9(7-10(11)12)16(3,13)14/h5-8H,4,12H2,1-3H3. The van der Waals surface area contributed by atoms with Crippen LogP contribution in [0.4, 0.5) is 5.69 Å². The number of rotatable bonds is 4. The van der Waals surface area contributed by atoms with Crippen LogP contribution in [0.2, 0.25) is 0 Å². The quantitative estimate of drug-likeness (QED) is 0.667. The molecule has 0 saturated heterocycles. The van der Waals surface area contributed by atoms with Crippen molar-refractivity contribution in [2.45, 2.75) is 35.3 Å². The van der Waals surface area contributed by atoms with E-state index in [-0.39, 0.29) is 4.90 Å². The molecule has 0 radical (unpaired) electrons. The normalized spacial score (nSPS) is 13.7. The molecule has 1 aromatic carbocycles. The molecule has 1 rings (SSSR count). The van der Waals surface area contributed by atoms with E-state index < -0.39 is 9.84 Å². The Bertz CT molecular complexity index is 469. The van der Waals surface area contributed by atoms with Crippen molar-refractivity contribution in [3.8, 4) is 0 Å². The molecule has 5 heteroatoms. The first-order valence-electron chi connectivity index (χ1n) is 5.10. The van der Waals surface area contributed by atoms with Gasteiger partial charge in [0.1, 0.15) is 0 Å². The van der Waals surface area contributed by atoms with Crippen molar-refractivity contribution in [2.24, 2.45) is 0 Å². The molecule has 16 heavy (non-hydrogen) atoms. The molecule has 0 heterocycles. The highest BCUT2D eigenvalue weighted by molar-refractivity contribution is 8.00. The lowest BCUT2D eigenvalue weighted by atomic mass is 10.3. The molecule has 1 unspecified atom stereocenters. The molecule has 0 aliphatic rings. The number of hydrogen-bond acceptors (Lipinski definition) is 4. The van der Waals surface area contributed by atoms with Crippen molar-refractivity contribution in [3.05, 3.63) is 18.2 Å². The Labute approximate surface area is 101 Å². The monoisotopic (exact) mass is 259 g/mol. The van der Waals surface area contributed by atoms with Crippen LogP contribution in [0.5, 0.6) is 0 Å². The average Bonchev–Trinajstić information content (AvgIpc) is 2.19. The zero-order valence-electron chi connectivity index (χ0n) is 9.73. The molecule has 1 aromatic rings. The Morgan fingerprint density at radius 1 is 1.44 bits per heavy atom. The fourth-order valence-electron chi connectivity index (χ4n) is 1.16. The minimum Gasteiger partial charge on any atom is -0.398 e. The highest BCUT2D eigenvalue weighted by atomic mass is 32.2. The van der Waals surface area contributed by atoms with E-state index in [1.165, 1.54) is 12.3 Å². The second-order valence-electron chi connectivity index (χ2n) is 3.81. The lowest BCUT2D eigenvalue weighted by Crippen LogP contribution is -2.00. The average molecular weight is 259 g/mol. The van der Waals surface area contributed by atoms with Crippen LogP contribution in [0.3, 0.4) is 0 Å². The summed E-state index contributed by atoms with van der Waals surface area (Å²) in [5.74, 6) is 0. The van der Waals surface area contributed by atoms with E-state index in [9.17, 15) is 8.42 Å². The maximum absolute atomic E-state index is 11.3. The zero-order chi connectivity index (χ0) is 12.3. The number of nitrogens with two attached hydrogens (primary N) is 1. The minimum atomic E-state index is -3.17. The van der Waals surface area contributed by atoms with Gasteiger partial charge in [0.2, 0.25) is 0 Å². The van der Waals surface area contributed by atoms with Crippen LogP contribution < -0.4 is 5.73 Å². The predicted octanol–water partition coefficient (Wildman–Crippen LogP) is 2.56. The Morgan fingerprint density at radius 3 is 2.50 bits per heavy atom. The molecule has 1 atom stereocenters. The van der Waals surface area contributed by atoms with Gasteiger partial charge in [0.05, 0.1) is 4.90 Å². The summed E-state index contributed by atoms with van der Waals surface area (Å²) in [4.78, 5) is 1.22. The lowest BCUT2D eigenvalue weighted by molar-refractivity contribution is 0.602. The maximum atomic E-state index is 11.3. The number of nitrogen functional groups attached to an aromatic ring is 1. The predicted molar refractivity (Wildman–Crippen MR) is 69.6 cm³/mol. The van der Waals surface area contributed by atoms with Crippen LogP contribution >= 0.6 is 11.8 Å². The summed E-state index contributed by atoms with van der Waals surface area (Å²) in [5.41, 5.74) is 6.37. The summed E-state index contributed by atoms with van der Waals surface area (Å²) in [6.07, 6.45) is 2.24. The van der Waals surface area contributed by atoms with E-state index in [1.807, 2.05) is 0 Å². The first-order valence-corrected chi connectivity index (χ1v) is 7.88. The molecule has 0 aliphatic heterocycles. The number of thioether (sulfide) groups is 1. The Hall–Kier alpha value is -0.680. The molecular weight excluding hydrogens is 242 g/mol. The van der Waals surface area contributed by atoms with Gasteiger partial charge in [-0.25, -0.2) is 8.42 Å². The molecule has 0 aliphatic carbocycles. The van der Waals surface area contributed by atoms with Crippen LogP contribution in [0, 0.1) is 0 Å². The zero-order valence-corrected chi connectivity index (χ0v) is 11.4. The van der Waals surface area contributed by atoms with Gasteiger partial charge in [-0.1, -0.05) is 13.8 Å². The fourth-order valence-corrected chi connectivity index (χ4v) is 2.76. The number of hydrogen-bond donors (Lipinski definition) is 1. The molecule has 0 amide bonds. The molecule has 3 nitrogen and oxygen atoms in total. The Morgan fingerprint density at radius 2 is 2.06 bits per heavy atom. The third-order valence-corrected chi connectivity index (χ3v) is 4.78. The third kappa shape index (κ3) is 3.42. The van der Waals surface area contributed by atoms with Gasteiger partial charge in [0.25, 0.3) is 0 Å². The lowest BCUT2D eigenvalue weighted by Gasteiger charge is -2.11. The van der Waals surface area contributed by atoms with E-state index in [1.54, 1.807) is 23.9 Å². The second-order valence-corrected chi connectivity index (χ2v) is 7.30. The molecule has 0 fully saturated rings. The summed E-state index contributed by atoms with van der Waals surface area (Å²) in [6.45, 7) is 4.23. The van der Waals surface area contributed by atoms with E-state index in [0.717, 1.165) is 11.3 Å². The SMILES string of the molecule is CCC(C)Sc1ccc(S(C)(=O)=O)cc1N. The maximum Gasteiger partial charge on any atom is 0.175 e. The van der Waals surface area contributed by atoms with Crippen LogP contribution in [0.1, 0.15) is 20.3 Å². The van der Waals surface area contributed by atoms with Gasteiger partial charge in [-0.3, -0.25) is 0 Å². The topological polar surface area (TPSA) is 60.2 Å². The number of anilines is 1. The highest BCUT2D eigenvalue weighted by Crippen LogP contribution is 2.31. The molecule has 2 N–H and O–H groups in total. The van der Waals surface area contributed by atoms with Crippen molar-refractivity contribution in [2.75, 3.05) is 12.0 Å². The van der Waals surface area contributed by atoms with Crippen molar-refractivity contribution >= 4 is 27.3 Å². The number of sulfone groups is 1. The van der Waals surface area contributed by atoms with E-state index in [2.05, 4.69) is 13.8 Å². The molecular formula is C11H17NO2S2. The summed E-state index contributed by atoms with van der Waals surface area (Å²) < 4.78 is 22.6. The van der Waals surface area contributed by atoms with Crippen molar-refractivity contribution in [1.29, 1.82) is 0 Å². The van der Waals surface area contributed by atoms with Gasteiger partial charge in [0, 0.05) is 22.1 Å². The highest BCUT2D eigenvalue weighted by Gasteiger charge is 2.11. The van der Waals surface area contributed by atoms with E-state index in [4.69, 9.17) is 5.73 Å². The molecule has 0 saturated carbocycles. The number of benzene rings is 1. The van der Waals surface area contributed by atoms with Gasteiger partial charge in [0.15, 0.2) is 9.84 Å². The summed E-state index contributed by atoms with van der Waals surface area (Å²) in [6, 6.07) is 4.92. The van der Waals surface area contributed by atoms with Gasteiger partial charge >= 0.3 is 0 Å². The summed E-state index contributed by atoms with van der Waals surface area (Å²) in [7, 11) is -3.17. The molecule has 0 bridgehead atoms. The van der Waals surface area contributed by atoms with Crippen molar-refractivity contribution < 1.29 is 8.42 Å². The van der Waals surface area contributed by atoms with Gasteiger partial charge in [-0.2, -0.15) is 0 Å². The first-order chi connectivity index (χ1) is 7.34. The van der Waals surface area contributed by atoms with Crippen LogP contribution in [-0.4, -0.2) is 19.9 Å². The molecule has 0 spiro atoms. The third-order valence-electron chi connectivity index (χ3n) is 2.31. The van der Waals surface area contributed by atoms with Crippen molar-refractivity contribution in [3.63, 3.8) is 0 Å². The van der Waals surface area contributed by atoms with Crippen LogP contribution in [0.25, 0.3) is 0 Å². The molecule has 0 aromatic heterocycles. The van der Waals surface area contributed by atoms with Crippen LogP contribution in [-0.2, 0) is 9.84 Å². The van der Waals surface area contributed by atoms with Crippen LogP contribution in [0.15, 0.2) is 28.0 Å². The molecule has 90 valence electrons.